The van der Waals surface area contributed by atoms with Gasteiger partial charge in [0.1, 0.15) is 0 Å². The van der Waals surface area contributed by atoms with Crippen LogP contribution in [0.3, 0.4) is 0 Å². The minimum atomic E-state index is -0.545. The molecule has 18 heavy (non-hydrogen) atoms. The van der Waals surface area contributed by atoms with E-state index in [1.54, 1.807) is 13.2 Å². The largest absolute Gasteiger partial charge is 0.385 e. The van der Waals surface area contributed by atoms with Gasteiger partial charge in [0.15, 0.2) is 0 Å². The Hall–Kier alpha value is -1.10. The van der Waals surface area contributed by atoms with E-state index in [4.69, 9.17) is 22.1 Å². The molecular weight excluding hydrogens is 252 g/mol. The number of methoxy groups -OCH3 is 1. The Morgan fingerprint density at radius 3 is 2.94 bits per heavy atom. The van der Waals surface area contributed by atoms with E-state index < -0.39 is 6.04 Å². The molecule has 0 heterocycles. The number of hydrogen-bond acceptors (Lipinski definition) is 3. The van der Waals surface area contributed by atoms with Gasteiger partial charge in [0, 0.05) is 13.7 Å². The average molecular weight is 271 g/mol. The van der Waals surface area contributed by atoms with Crippen LogP contribution in [0, 0.1) is 6.92 Å². The van der Waals surface area contributed by atoms with Gasteiger partial charge in [-0.1, -0.05) is 17.7 Å². The minimum absolute atomic E-state index is 0.224. The van der Waals surface area contributed by atoms with Crippen LogP contribution < -0.4 is 11.1 Å². The summed E-state index contributed by atoms with van der Waals surface area (Å²) in [7, 11) is 1.62. The molecule has 0 radical (unpaired) electrons. The topological polar surface area (TPSA) is 64.3 Å². The maximum absolute atomic E-state index is 11.8. The summed E-state index contributed by atoms with van der Waals surface area (Å²) in [6.07, 6.45) is 1.34. The highest BCUT2D eigenvalue weighted by Gasteiger charge is 2.14. The fraction of sp³-hybridized carbons (Fsp3) is 0.462. The molecule has 0 saturated heterocycles. The smallest absolute Gasteiger partial charge is 0.241 e. The lowest BCUT2D eigenvalue weighted by atomic mass is 10.1. The fourth-order valence-corrected chi connectivity index (χ4v) is 1.70. The van der Waals surface area contributed by atoms with Crippen LogP contribution in [0.15, 0.2) is 18.2 Å². The Balaban J connectivity index is 2.55. The molecule has 0 aliphatic rings. The van der Waals surface area contributed by atoms with Gasteiger partial charge in [-0.05, 0) is 37.5 Å². The number of carbonyl (C=O) groups is 1. The van der Waals surface area contributed by atoms with E-state index in [9.17, 15) is 4.79 Å². The molecule has 0 fully saturated rings. The van der Waals surface area contributed by atoms with E-state index in [1.807, 2.05) is 19.1 Å². The van der Waals surface area contributed by atoms with Crippen LogP contribution in [-0.2, 0) is 9.53 Å². The second-order valence-electron chi connectivity index (χ2n) is 4.21. The van der Waals surface area contributed by atoms with E-state index in [1.165, 1.54) is 0 Å². The third-order valence-corrected chi connectivity index (χ3v) is 2.91. The summed E-state index contributed by atoms with van der Waals surface area (Å²) in [5.74, 6) is -0.224. The summed E-state index contributed by atoms with van der Waals surface area (Å²) in [5.41, 5.74) is 7.41. The Labute approximate surface area is 112 Å². The molecule has 0 bridgehead atoms. The lowest BCUT2D eigenvalue weighted by Crippen LogP contribution is -2.35. The van der Waals surface area contributed by atoms with Crippen LogP contribution in [0.1, 0.15) is 18.4 Å². The molecule has 3 N–H and O–H groups in total. The highest BCUT2D eigenvalue weighted by molar-refractivity contribution is 6.33. The van der Waals surface area contributed by atoms with Gasteiger partial charge < -0.3 is 15.8 Å². The summed E-state index contributed by atoms with van der Waals surface area (Å²) in [5, 5.41) is 3.25. The molecular formula is C13H19ClN2O2. The number of aryl methyl sites for hydroxylation is 1. The average Bonchev–Trinajstić information content (AvgIpc) is 2.34. The van der Waals surface area contributed by atoms with E-state index in [2.05, 4.69) is 5.32 Å². The normalized spacial score (nSPS) is 12.2. The summed E-state index contributed by atoms with van der Waals surface area (Å²) in [6.45, 7) is 2.54. The standard InChI is InChI=1S/C13H19ClN2O2/c1-9-5-6-10(14)12(8-9)16-13(17)11(15)4-3-7-18-2/h5-6,8,11H,3-4,7,15H2,1-2H3,(H,16,17). The summed E-state index contributed by atoms with van der Waals surface area (Å²) in [6, 6.07) is 4.92. The molecule has 100 valence electrons. The molecule has 0 aromatic heterocycles. The number of halogens is 1. The van der Waals surface area contributed by atoms with Crippen LogP contribution in [0.25, 0.3) is 0 Å². The second-order valence-corrected chi connectivity index (χ2v) is 4.62. The number of nitrogens with two attached hydrogens (primary N) is 1. The monoisotopic (exact) mass is 270 g/mol. The van der Waals surface area contributed by atoms with E-state index in [0.29, 0.717) is 23.7 Å². The van der Waals surface area contributed by atoms with Gasteiger partial charge in [-0.2, -0.15) is 0 Å². The predicted molar refractivity (Wildman–Crippen MR) is 73.9 cm³/mol. The molecule has 1 rings (SSSR count). The van der Waals surface area contributed by atoms with Gasteiger partial charge in [0.2, 0.25) is 5.91 Å². The number of anilines is 1. The van der Waals surface area contributed by atoms with Crippen LogP contribution in [0.2, 0.25) is 5.02 Å². The highest BCUT2D eigenvalue weighted by Crippen LogP contribution is 2.22. The number of hydrogen-bond donors (Lipinski definition) is 2. The van der Waals surface area contributed by atoms with Crippen molar-refractivity contribution in [2.75, 3.05) is 19.0 Å². The van der Waals surface area contributed by atoms with Crippen molar-refractivity contribution < 1.29 is 9.53 Å². The first kappa shape index (κ1) is 15.0. The number of benzene rings is 1. The van der Waals surface area contributed by atoms with Crippen molar-refractivity contribution in [2.24, 2.45) is 5.73 Å². The van der Waals surface area contributed by atoms with E-state index in [-0.39, 0.29) is 5.91 Å². The van der Waals surface area contributed by atoms with Gasteiger partial charge in [-0.3, -0.25) is 4.79 Å². The lowest BCUT2D eigenvalue weighted by Gasteiger charge is -2.13. The van der Waals surface area contributed by atoms with Crippen LogP contribution in [0.4, 0.5) is 5.69 Å². The molecule has 1 atom stereocenters. The van der Waals surface area contributed by atoms with Crippen molar-refractivity contribution in [2.45, 2.75) is 25.8 Å². The van der Waals surface area contributed by atoms with Crippen molar-refractivity contribution >= 4 is 23.2 Å². The Morgan fingerprint density at radius 2 is 2.28 bits per heavy atom. The Morgan fingerprint density at radius 1 is 1.56 bits per heavy atom. The van der Waals surface area contributed by atoms with Crippen LogP contribution in [-0.4, -0.2) is 25.7 Å². The Bertz CT molecular complexity index is 410. The van der Waals surface area contributed by atoms with Gasteiger partial charge >= 0.3 is 0 Å². The van der Waals surface area contributed by atoms with Gasteiger partial charge in [0.05, 0.1) is 16.8 Å². The van der Waals surface area contributed by atoms with Crippen LogP contribution in [0.5, 0.6) is 0 Å². The third kappa shape index (κ3) is 4.64. The molecule has 0 saturated carbocycles. The van der Waals surface area contributed by atoms with Crippen molar-refractivity contribution in [3.63, 3.8) is 0 Å². The lowest BCUT2D eigenvalue weighted by molar-refractivity contribution is -0.117. The number of carbonyl (C=O) groups excluding carboxylic acids is 1. The zero-order valence-electron chi connectivity index (χ0n) is 10.7. The van der Waals surface area contributed by atoms with Gasteiger partial charge in [-0.15, -0.1) is 0 Å². The molecule has 0 aliphatic carbocycles. The van der Waals surface area contributed by atoms with Gasteiger partial charge in [0.25, 0.3) is 0 Å². The van der Waals surface area contributed by atoms with Crippen LogP contribution >= 0.6 is 11.6 Å². The predicted octanol–water partition coefficient (Wildman–Crippen LogP) is 2.34. The van der Waals surface area contributed by atoms with Gasteiger partial charge in [-0.25, -0.2) is 0 Å². The molecule has 5 heteroatoms. The minimum Gasteiger partial charge on any atom is -0.385 e. The SMILES string of the molecule is COCCCC(N)C(=O)Nc1cc(C)ccc1Cl. The summed E-state index contributed by atoms with van der Waals surface area (Å²) < 4.78 is 4.92. The maximum atomic E-state index is 11.8. The molecule has 1 aromatic rings. The molecule has 0 spiro atoms. The number of amides is 1. The second kappa shape index (κ2) is 7.36. The Kier molecular flexibility index (Phi) is 6.12. The maximum Gasteiger partial charge on any atom is 0.241 e. The first-order valence-electron chi connectivity index (χ1n) is 5.86. The quantitative estimate of drug-likeness (QED) is 0.780. The third-order valence-electron chi connectivity index (χ3n) is 2.58. The van der Waals surface area contributed by atoms with Crippen molar-refractivity contribution in [3.05, 3.63) is 28.8 Å². The zero-order chi connectivity index (χ0) is 13.5. The van der Waals surface area contributed by atoms with E-state index >= 15 is 0 Å². The highest BCUT2D eigenvalue weighted by atomic mass is 35.5. The number of nitrogens with one attached hydrogen (secondary N) is 1. The first-order chi connectivity index (χ1) is 8.54. The molecule has 1 amide bonds. The molecule has 1 aromatic carbocycles. The van der Waals surface area contributed by atoms with E-state index in [0.717, 1.165) is 12.0 Å². The zero-order valence-corrected chi connectivity index (χ0v) is 11.5. The number of rotatable bonds is 6. The van der Waals surface area contributed by atoms with Crippen molar-refractivity contribution in [1.82, 2.24) is 0 Å². The molecule has 4 nitrogen and oxygen atoms in total. The number of ether oxygens (including phenoxy) is 1. The van der Waals surface area contributed by atoms with Crippen molar-refractivity contribution in [1.29, 1.82) is 0 Å². The van der Waals surface area contributed by atoms with Crippen molar-refractivity contribution in [3.8, 4) is 0 Å². The molecule has 1 unspecified atom stereocenters. The summed E-state index contributed by atoms with van der Waals surface area (Å²) in [4.78, 5) is 11.8. The molecule has 0 aliphatic heterocycles. The first-order valence-corrected chi connectivity index (χ1v) is 6.24. The summed E-state index contributed by atoms with van der Waals surface area (Å²) >= 11 is 6.00. The fourth-order valence-electron chi connectivity index (χ4n) is 1.54.